The lowest BCUT2D eigenvalue weighted by Crippen LogP contribution is -2.51. The Morgan fingerprint density at radius 2 is 1.91 bits per heavy atom. The number of benzene rings is 1. The van der Waals surface area contributed by atoms with E-state index in [1.807, 2.05) is 42.5 Å². The molecule has 23 heavy (non-hydrogen) atoms. The summed E-state index contributed by atoms with van der Waals surface area (Å²) in [7, 11) is 1.66. The van der Waals surface area contributed by atoms with E-state index < -0.39 is 0 Å². The normalized spacial score (nSPS) is 20.1. The molecule has 0 atom stereocenters. The van der Waals surface area contributed by atoms with Crippen LogP contribution in [-0.2, 0) is 10.3 Å². The predicted octanol–water partition coefficient (Wildman–Crippen LogP) is 3.55. The molecular formula is C20H19NO2. The second-order valence-corrected chi connectivity index (χ2v) is 6.26. The summed E-state index contributed by atoms with van der Waals surface area (Å²) in [4.78, 5) is 12.8. The summed E-state index contributed by atoms with van der Waals surface area (Å²) in [5.74, 6) is 0.853. The molecule has 1 saturated carbocycles. The highest BCUT2D eigenvalue weighted by Gasteiger charge is 2.40. The van der Waals surface area contributed by atoms with Crippen molar-refractivity contribution in [3.05, 3.63) is 76.9 Å². The average molecular weight is 305 g/mol. The van der Waals surface area contributed by atoms with Gasteiger partial charge in [-0.3, -0.25) is 4.79 Å². The third kappa shape index (κ3) is 2.24. The lowest BCUT2D eigenvalue weighted by molar-refractivity contribution is -0.120. The molecule has 3 heteroatoms. The number of carbonyl (C=O) groups is 1. The average Bonchev–Trinajstić information content (AvgIpc) is 3.14. The molecule has 0 spiro atoms. The van der Waals surface area contributed by atoms with Crippen molar-refractivity contribution in [3.63, 3.8) is 0 Å². The number of ether oxygens (including phenoxy) is 1. The third-order valence-electron chi connectivity index (χ3n) is 5.02. The Morgan fingerprint density at radius 1 is 1.13 bits per heavy atom. The minimum absolute atomic E-state index is 0.0155. The Balaban J connectivity index is 1.59. The number of rotatable bonds is 4. The van der Waals surface area contributed by atoms with Crippen LogP contribution in [0.5, 0.6) is 5.75 Å². The molecule has 0 unspecified atom stereocenters. The Hall–Kier alpha value is -2.55. The molecule has 0 aromatic heterocycles. The Morgan fingerprint density at radius 3 is 2.57 bits per heavy atom. The van der Waals surface area contributed by atoms with Gasteiger partial charge in [0.05, 0.1) is 12.6 Å². The van der Waals surface area contributed by atoms with Gasteiger partial charge in [0, 0.05) is 5.57 Å². The van der Waals surface area contributed by atoms with Gasteiger partial charge in [0.15, 0.2) is 0 Å². The van der Waals surface area contributed by atoms with Crippen molar-refractivity contribution in [1.29, 1.82) is 0 Å². The van der Waals surface area contributed by atoms with E-state index in [4.69, 9.17) is 4.74 Å². The van der Waals surface area contributed by atoms with Crippen LogP contribution in [0.4, 0.5) is 0 Å². The molecule has 1 aromatic rings. The van der Waals surface area contributed by atoms with Crippen molar-refractivity contribution in [1.82, 2.24) is 5.32 Å². The number of fused-ring (bicyclic) bond motifs is 1. The summed E-state index contributed by atoms with van der Waals surface area (Å²) in [6, 6.07) is 8.03. The maximum absolute atomic E-state index is 12.8. The van der Waals surface area contributed by atoms with Gasteiger partial charge in [0.1, 0.15) is 5.75 Å². The van der Waals surface area contributed by atoms with Crippen molar-refractivity contribution in [3.8, 4) is 5.75 Å². The van der Waals surface area contributed by atoms with Crippen molar-refractivity contribution < 1.29 is 9.53 Å². The Labute approximate surface area is 136 Å². The fraction of sp³-hybridized carbons (Fsp3) is 0.250. The number of hydrogen-bond donors (Lipinski definition) is 1. The molecule has 3 aliphatic carbocycles. The zero-order valence-corrected chi connectivity index (χ0v) is 13.1. The highest BCUT2D eigenvalue weighted by molar-refractivity contribution is 6.01. The molecule has 4 rings (SSSR count). The van der Waals surface area contributed by atoms with Crippen LogP contribution in [0.2, 0.25) is 0 Å². The zero-order valence-electron chi connectivity index (χ0n) is 13.1. The summed E-state index contributed by atoms with van der Waals surface area (Å²) in [6.07, 6.45) is 13.1. The Kier molecular flexibility index (Phi) is 3.22. The lowest BCUT2D eigenvalue weighted by Gasteiger charge is -2.43. The van der Waals surface area contributed by atoms with E-state index in [1.165, 1.54) is 0 Å². The number of allylic oxidation sites excluding steroid dienone is 6. The molecule has 1 N–H and O–H groups in total. The van der Waals surface area contributed by atoms with Gasteiger partial charge in [-0.15, -0.1) is 0 Å². The molecule has 1 amide bonds. The first-order valence-electron chi connectivity index (χ1n) is 8.00. The SMILES string of the molecule is COc1ccc(C2(NC(=O)C3=C4C=CC=C4C=C3)CCC2)cc1. The van der Waals surface area contributed by atoms with E-state index in [9.17, 15) is 4.79 Å². The van der Waals surface area contributed by atoms with E-state index in [-0.39, 0.29) is 11.4 Å². The first-order chi connectivity index (χ1) is 11.2. The second-order valence-electron chi connectivity index (χ2n) is 6.26. The molecule has 0 saturated heterocycles. The van der Waals surface area contributed by atoms with Gasteiger partial charge in [-0.25, -0.2) is 0 Å². The molecule has 1 aromatic carbocycles. The number of amides is 1. The van der Waals surface area contributed by atoms with Crippen LogP contribution in [0.25, 0.3) is 0 Å². The molecule has 0 heterocycles. The smallest absolute Gasteiger partial charge is 0.252 e. The molecule has 3 nitrogen and oxygen atoms in total. The standard InChI is InChI=1S/C20H19NO2/c1-23-16-9-7-15(8-10-16)20(12-3-13-20)21-19(22)18-11-6-14-4-2-5-17(14)18/h2,4-11H,3,12-13H2,1H3,(H,21,22). The van der Waals surface area contributed by atoms with E-state index in [1.54, 1.807) is 7.11 Å². The minimum atomic E-state index is -0.237. The molecule has 116 valence electrons. The van der Waals surface area contributed by atoms with E-state index in [2.05, 4.69) is 17.4 Å². The first-order valence-corrected chi connectivity index (χ1v) is 8.00. The first kappa shape index (κ1) is 14.1. The number of carbonyl (C=O) groups excluding carboxylic acids is 1. The fourth-order valence-electron chi connectivity index (χ4n) is 3.50. The molecule has 3 aliphatic rings. The molecule has 1 fully saturated rings. The summed E-state index contributed by atoms with van der Waals surface area (Å²) in [5, 5.41) is 3.29. The van der Waals surface area contributed by atoms with Crippen LogP contribution in [0.15, 0.2) is 71.4 Å². The van der Waals surface area contributed by atoms with Gasteiger partial charge in [0.25, 0.3) is 5.91 Å². The quantitative estimate of drug-likeness (QED) is 0.924. The van der Waals surface area contributed by atoms with Crippen LogP contribution >= 0.6 is 0 Å². The summed E-state index contributed by atoms with van der Waals surface area (Å²) in [5.41, 5.74) is 3.85. The monoisotopic (exact) mass is 305 g/mol. The van der Waals surface area contributed by atoms with Gasteiger partial charge in [-0.1, -0.05) is 36.4 Å². The van der Waals surface area contributed by atoms with Crippen LogP contribution in [0, 0.1) is 0 Å². The van der Waals surface area contributed by atoms with Gasteiger partial charge < -0.3 is 10.1 Å². The number of methoxy groups -OCH3 is 1. The molecular weight excluding hydrogens is 286 g/mol. The maximum atomic E-state index is 12.8. The number of hydrogen-bond acceptors (Lipinski definition) is 2. The van der Waals surface area contributed by atoms with Crippen LogP contribution < -0.4 is 10.1 Å². The van der Waals surface area contributed by atoms with Crippen LogP contribution in [-0.4, -0.2) is 13.0 Å². The van der Waals surface area contributed by atoms with E-state index >= 15 is 0 Å². The largest absolute Gasteiger partial charge is 0.497 e. The van der Waals surface area contributed by atoms with Gasteiger partial charge in [-0.05, 0) is 54.2 Å². The van der Waals surface area contributed by atoms with Crippen LogP contribution in [0.3, 0.4) is 0 Å². The van der Waals surface area contributed by atoms with Gasteiger partial charge in [-0.2, -0.15) is 0 Å². The molecule has 0 aliphatic heterocycles. The van der Waals surface area contributed by atoms with Crippen molar-refractivity contribution in [2.75, 3.05) is 7.11 Å². The minimum Gasteiger partial charge on any atom is -0.497 e. The summed E-state index contributed by atoms with van der Waals surface area (Å²) >= 11 is 0. The van der Waals surface area contributed by atoms with Crippen molar-refractivity contribution in [2.24, 2.45) is 0 Å². The second kappa shape index (κ2) is 5.27. The summed E-state index contributed by atoms with van der Waals surface area (Å²) < 4.78 is 5.23. The van der Waals surface area contributed by atoms with E-state index in [0.29, 0.717) is 0 Å². The third-order valence-corrected chi connectivity index (χ3v) is 5.02. The highest BCUT2D eigenvalue weighted by atomic mass is 16.5. The predicted molar refractivity (Wildman–Crippen MR) is 90.1 cm³/mol. The summed E-state index contributed by atoms with van der Waals surface area (Å²) in [6.45, 7) is 0. The van der Waals surface area contributed by atoms with Crippen molar-refractivity contribution >= 4 is 5.91 Å². The highest BCUT2D eigenvalue weighted by Crippen LogP contribution is 2.42. The fourth-order valence-corrected chi connectivity index (χ4v) is 3.50. The maximum Gasteiger partial charge on any atom is 0.252 e. The molecule has 0 radical (unpaired) electrons. The van der Waals surface area contributed by atoms with Crippen molar-refractivity contribution in [2.45, 2.75) is 24.8 Å². The molecule has 0 bridgehead atoms. The topological polar surface area (TPSA) is 38.3 Å². The van der Waals surface area contributed by atoms with Gasteiger partial charge in [0.2, 0.25) is 0 Å². The van der Waals surface area contributed by atoms with E-state index in [0.717, 1.165) is 47.3 Å². The lowest BCUT2D eigenvalue weighted by atomic mass is 9.71. The van der Waals surface area contributed by atoms with Gasteiger partial charge >= 0.3 is 0 Å². The number of nitrogens with one attached hydrogen (secondary N) is 1. The Bertz CT molecular complexity index is 774. The van der Waals surface area contributed by atoms with Crippen LogP contribution in [0.1, 0.15) is 24.8 Å². The zero-order chi connectivity index (χ0) is 15.9.